The molecule has 1 N–H and O–H groups in total. The highest BCUT2D eigenvalue weighted by molar-refractivity contribution is 5.31. The van der Waals surface area contributed by atoms with E-state index in [4.69, 9.17) is 0 Å². The van der Waals surface area contributed by atoms with Gasteiger partial charge in [0.05, 0.1) is 0 Å². The molecule has 0 aliphatic heterocycles. The Bertz CT molecular complexity index is 454. The Hall–Kier alpha value is -0.860. The average molecular weight is 286 g/mol. The highest BCUT2D eigenvalue weighted by Crippen LogP contribution is 2.35. The van der Waals surface area contributed by atoms with Crippen molar-refractivity contribution in [3.05, 3.63) is 34.9 Å². The van der Waals surface area contributed by atoms with Crippen LogP contribution in [0.3, 0.4) is 0 Å². The molecule has 2 aliphatic rings. The van der Waals surface area contributed by atoms with Crippen LogP contribution in [-0.2, 0) is 0 Å². The zero-order chi connectivity index (χ0) is 14.8. The van der Waals surface area contributed by atoms with Crippen molar-refractivity contribution in [1.82, 2.24) is 10.2 Å². The number of likely N-dealkylation sites (N-methyl/N-ethyl adjacent to an activating group) is 1. The molecule has 2 nitrogen and oxygen atoms in total. The summed E-state index contributed by atoms with van der Waals surface area (Å²) in [6.45, 7) is 10.2. The van der Waals surface area contributed by atoms with Gasteiger partial charge >= 0.3 is 0 Å². The predicted molar refractivity (Wildman–Crippen MR) is 89.7 cm³/mol. The molecule has 2 heteroatoms. The van der Waals surface area contributed by atoms with E-state index in [2.05, 4.69) is 49.2 Å². The van der Waals surface area contributed by atoms with E-state index >= 15 is 0 Å². The van der Waals surface area contributed by atoms with Crippen molar-refractivity contribution in [1.29, 1.82) is 0 Å². The molecule has 0 spiro atoms. The fourth-order valence-corrected chi connectivity index (χ4v) is 3.42. The summed E-state index contributed by atoms with van der Waals surface area (Å²) in [7, 11) is 0. The molecular formula is C19H30N2. The molecule has 0 bridgehead atoms. The molecule has 2 fully saturated rings. The first-order valence-corrected chi connectivity index (χ1v) is 8.71. The number of nitrogens with one attached hydrogen (secondary N) is 1. The molecule has 0 aromatic heterocycles. The third-order valence-corrected chi connectivity index (χ3v) is 4.77. The number of hydrogen-bond acceptors (Lipinski definition) is 2. The molecule has 1 atom stereocenters. The number of rotatable bonds is 8. The summed E-state index contributed by atoms with van der Waals surface area (Å²) in [5, 5.41) is 3.72. The molecule has 1 aromatic carbocycles. The quantitative estimate of drug-likeness (QED) is 0.781. The number of hydrogen-bond donors (Lipinski definition) is 1. The lowest BCUT2D eigenvalue weighted by Crippen LogP contribution is -2.37. The topological polar surface area (TPSA) is 15.3 Å². The minimum Gasteiger partial charge on any atom is -0.309 e. The summed E-state index contributed by atoms with van der Waals surface area (Å²) < 4.78 is 0. The van der Waals surface area contributed by atoms with Crippen LogP contribution in [0.2, 0.25) is 0 Å². The van der Waals surface area contributed by atoms with Crippen molar-refractivity contribution in [3.63, 3.8) is 0 Å². The summed E-state index contributed by atoms with van der Waals surface area (Å²) in [6, 6.07) is 8.35. The predicted octanol–water partition coefficient (Wildman–Crippen LogP) is 3.83. The highest BCUT2D eigenvalue weighted by atomic mass is 15.2. The highest BCUT2D eigenvalue weighted by Gasteiger charge is 2.34. The first-order valence-electron chi connectivity index (χ1n) is 8.71. The van der Waals surface area contributed by atoms with Gasteiger partial charge in [0.25, 0.3) is 0 Å². The van der Waals surface area contributed by atoms with E-state index in [1.54, 1.807) is 0 Å². The lowest BCUT2D eigenvalue weighted by Gasteiger charge is -2.29. The van der Waals surface area contributed by atoms with Crippen LogP contribution >= 0.6 is 0 Å². The Morgan fingerprint density at radius 3 is 2.29 bits per heavy atom. The second-order valence-corrected chi connectivity index (χ2v) is 7.16. The van der Waals surface area contributed by atoms with Crippen LogP contribution < -0.4 is 5.32 Å². The maximum atomic E-state index is 3.72. The minimum absolute atomic E-state index is 0.480. The van der Waals surface area contributed by atoms with Gasteiger partial charge in [-0.25, -0.2) is 0 Å². The summed E-state index contributed by atoms with van der Waals surface area (Å²) in [6.07, 6.45) is 5.74. The standard InChI is InChI=1S/C19H30N2/c1-4-20-19(17-10-14(2)9-15(3)11-17)13-21(18-7-8-18)12-16-5-6-16/h9-11,16,18-20H,4-8,12-13H2,1-3H3. The van der Waals surface area contributed by atoms with Crippen LogP contribution in [0.15, 0.2) is 18.2 Å². The van der Waals surface area contributed by atoms with Crippen molar-refractivity contribution in [3.8, 4) is 0 Å². The average Bonchev–Trinajstić information content (AvgIpc) is 3.29. The van der Waals surface area contributed by atoms with Gasteiger partial charge in [-0.1, -0.05) is 36.2 Å². The van der Waals surface area contributed by atoms with Crippen LogP contribution in [0.5, 0.6) is 0 Å². The normalized spacial score (nSPS) is 20.0. The second-order valence-electron chi connectivity index (χ2n) is 7.16. The van der Waals surface area contributed by atoms with E-state index in [0.29, 0.717) is 6.04 Å². The molecule has 2 aliphatic carbocycles. The number of benzene rings is 1. The van der Waals surface area contributed by atoms with Gasteiger partial charge in [-0.05, 0) is 57.6 Å². The molecule has 116 valence electrons. The van der Waals surface area contributed by atoms with Gasteiger partial charge in [-0.15, -0.1) is 0 Å². The van der Waals surface area contributed by atoms with Crippen molar-refractivity contribution in [2.45, 2.75) is 58.5 Å². The first kappa shape index (κ1) is 15.1. The molecule has 3 rings (SSSR count). The van der Waals surface area contributed by atoms with E-state index in [1.165, 1.54) is 55.5 Å². The van der Waals surface area contributed by atoms with Gasteiger partial charge in [-0.3, -0.25) is 4.90 Å². The number of aryl methyl sites for hydroxylation is 2. The summed E-state index contributed by atoms with van der Waals surface area (Å²) in [5.74, 6) is 0.993. The van der Waals surface area contributed by atoms with E-state index in [0.717, 1.165) is 18.5 Å². The van der Waals surface area contributed by atoms with Gasteiger partial charge in [-0.2, -0.15) is 0 Å². The van der Waals surface area contributed by atoms with Crippen LogP contribution in [0.25, 0.3) is 0 Å². The van der Waals surface area contributed by atoms with E-state index in [9.17, 15) is 0 Å². The Morgan fingerprint density at radius 1 is 1.10 bits per heavy atom. The third kappa shape index (κ3) is 4.31. The maximum Gasteiger partial charge on any atom is 0.0449 e. The SMILES string of the molecule is CCNC(CN(CC1CC1)C1CC1)c1cc(C)cc(C)c1. The first-order chi connectivity index (χ1) is 10.2. The van der Waals surface area contributed by atoms with E-state index < -0.39 is 0 Å². The molecule has 2 saturated carbocycles. The molecule has 0 amide bonds. The Labute approximate surface area is 129 Å². The molecule has 0 radical (unpaired) electrons. The van der Waals surface area contributed by atoms with Crippen LogP contribution in [0.1, 0.15) is 55.3 Å². The molecule has 0 saturated heterocycles. The van der Waals surface area contributed by atoms with Gasteiger partial charge in [0.2, 0.25) is 0 Å². The summed E-state index contributed by atoms with van der Waals surface area (Å²) in [4.78, 5) is 2.77. The lowest BCUT2D eigenvalue weighted by atomic mass is 10.0. The van der Waals surface area contributed by atoms with Gasteiger partial charge in [0.1, 0.15) is 0 Å². The molecule has 1 aromatic rings. The fourth-order valence-electron chi connectivity index (χ4n) is 3.42. The van der Waals surface area contributed by atoms with Crippen molar-refractivity contribution < 1.29 is 0 Å². The minimum atomic E-state index is 0.480. The monoisotopic (exact) mass is 286 g/mol. The molecule has 21 heavy (non-hydrogen) atoms. The Kier molecular flexibility index (Phi) is 4.66. The van der Waals surface area contributed by atoms with Crippen molar-refractivity contribution >= 4 is 0 Å². The third-order valence-electron chi connectivity index (χ3n) is 4.77. The smallest absolute Gasteiger partial charge is 0.0449 e. The lowest BCUT2D eigenvalue weighted by molar-refractivity contribution is 0.224. The number of nitrogens with zero attached hydrogens (tertiary/aromatic N) is 1. The molecular weight excluding hydrogens is 256 g/mol. The van der Waals surface area contributed by atoms with Crippen LogP contribution in [0, 0.1) is 19.8 Å². The van der Waals surface area contributed by atoms with Crippen LogP contribution in [-0.4, -0.2) is 30.6 Å². The van der Waals surface area contributed by atoms with Gasteiger partial charge in [0, 0.05) is 25.2 Å². The van der Waals surface area contributed by atoms with Gasteiger partial charge in [0.15, 0.2) is 0 Å². The zero-order valence-electron chi connectivity index (χ0n) is 13.9. The van der Waals surface area contributed by atoms with Crippen molar-refractivity contribution in [2.75, 3.05) is 19.6 Å². The van der Waals surface area contributed by atoms with E-state index in [-0.39, 0.29) is 0 Å². The molecule has 1 unspecified atom stereocenters. The fraction of sp³-hybridized carbons (Fsp3) is 0.684. The summed E-state index contributed by atoms with van der Waals surface area (Å²) in [5.41, 5.74) is 4.23. The Balaban J connectivity index is 1.72. The van der Waals surface area contributed by atoms with Gasteiger partial charge < -0.3 is 5.32 Å². The largest absolute Gasteiger partial charge is 0.309 e. The molecule has 0 heterocycles. The maximum absolute atomic E-state index is 3.72. The second kappa shape index (κ2) is 6.50. The van der Waals surface area contributed by atoms with Crippen LogP contribution in [0.4, 0.5) is 0 Å². The Morgan fingerprint density at radius 2 is 1.76 bits per heavy atom. The van der Waals surface area contributed by atoms with Crippen molar-refractivity contribution in [2.24, 2.45) is 5.92 Å². The van der Waals surface area contributed by atoms with E-state index in [1.807, 2.05) is 0 Å². The summed E-state index contributed by atoms with van der Waals surface area (Å²) >= 11 is 0. The zero-order valence-corrected chi connectivity index (χ0v) is 13.9.